The van der Waals surface area contributed by atoms with E-state index in [0.29, 0.717) is 34.0 Å². The van der Waals surface area contributed by atoms with E-state index in [-0.39, 0.29) is 12.5 Å². The molecule has 0 radical (unpaired) electrons. The molecule has 7 heteroatoms. The van der Waals surface area contributed by atoms with Gasteiger partial charge in [0.2, 0.25) is 0 Å². The first kappa shape index (κ1) is 23.3. The number of benzene rings is 2. The Morgan fingerprint density at radius 3 is 2.71 bits per heavy atom. The monoisotopic (exact) mass is 489 g/mol. The molecule has 2 aromatic carbocycles. The highest BCUT2D eigenvalue weighted by molar-refractivity contribution is 7.17. The van der Waals surface area contributed by atoms with Crippen molar-refractivity contribution in [2.75, 3.05) is 11.9 Å². The van der Waals surface area contributed by atoms with Crippen LogP contribution in [-0.2, 0) is 28.7 Å². The fourth-order valence-electron chi connectivity index (χ4n) is 4.82. The van der Waals surface area contributed by atoms with E-state index in [2.05, 4.69) is 12.2 Å². The molecule has 2 aliphatic rings. The molecule has 2 heterocycles. The Labute approximate surface area is 208 Å². The van der Waals surface area contributed by atoms with Crippen LogP contribution in [-0.4, -0.2) is 24.5 Å². The van der Waals surface area contributed by atoms with Gasteiger partial charge >= 0.3 is 11.9 Å². The molecule has 0 saturated carbocycles. The largest absolute Gasteiger partial charge is 0.462 e. The number of nitrogens with one attached hydrogen (secondary N) is 1. The van der Waals surface area contributed by atoms with Gasteiger partial charge in [0.25, 0.3) is 5.91 Å². The minimum atomic E-state index is -0.395. The number of cyclic esters (lactones) is 1. The maximum atomic E-state index is 13.3. The van der Waals surface area contributed by atoms with Crippen LogP contribution < -0.4 is 5.32 Å². The number of hydrogen-bond donors (Lipinski definition) is 1. The first-order valence-corrected chi connectivity index (χ1v) is 12.8. The molecule has 1 aliphatic carbocycles. The fraction of sp³-hybridized carbons (Fsp3) is 0.321. The van der Waals surface area contributed by atoms with Crippen LogP contribution >= 0.6 is 11.3 Å². The number of fused-ring (bicyclic) bond motifs is 2. The van der Waals surface area contributed by atoms with Crippen LogP contribution in [0.4, 0.5) is 5.00 Å². The van der Waals surface area contributed by atoms with E-state index in [1.54, 1.807) is 25.1 Å². The van der Waals surface area contributed by atoms with E-state index >= 15 is 0 Å². The summed E-state index contributed by atoms with van der Waals surface area (Å²) in [6.07, 6.45) is 2.80. The van der Waals surface area contributed by atoms with E-state index in [0.717, 1.165) is 40.8 Å². The molecular formula is C28H27NO5S. The SMILES string of the molecule is CCOC(=O)c1c(NC(=O)c2ccc3c(c2)C[C@H](c2ccccc2)OC3=O)sc2c1CC[C@@H](C)C2. The van der Waals surface area contributed by atoms with Gasteiger partial charge in [0.1, 0.15) is 11.1 Å². The van der Waals surface area contributed by atoms with Crippen LogP contribution in [0.15, 0.2) is 48.5 Å². The zero-order chi connectivity index (χ0) is 24.5. The minimum absolute atomic E-state index is 0.275. The summed E-state index contributed by atoms with van der Waals surface area (Å²) in [6, 6.07) is 14.6. The quantitative estimate of drug-likeness (QED) is 0.461. The van der Waals surface area contributed by atoms with Crippen molar-refractivity contribution in [3.63, 3.8) is 0 Å². The number of carbonyl (C=O) groups is 3. The number of esters is 2. The number of anilines is 1. The summed E-state index contributed by atoms with van der Waals surface area (Å²) < 4.78 is 10.9. The summed E-state index contributed by atoms with van der Waals surface area (Å²) in [5.41, 5.74) is 4.08. The number of hydrogen-bond acceptors (Lipinski definition) is 6. The molecule has 180 valence electrons. The normalized spacial score (nSPS) is 18.7. The predicted molar refractivity (Wildman–Crippen MR) is 134 cm³/mol. The molecule has 6 nitrogen and oxygen atoms in total. The van der Waals surface area contributed by atoms with Crippen molar-refractivity contribution in [3.05, 3.63) is 86.8 Å². The average molecular weight is 490 g/mol. The summed E-state index contributed by atoms with van der Waals surface area (Å²) in [7, 11) is 0. The lowest BCUT2D eigenvalue weighted by molar-refractivity contribution is 0.0252. The molecule has 0 bridgehead atoms. The van der Waals surface area contributed by atoms with Crippen molar-refractivity contribution in [2.24, 2.45) is 5.92 Å². The number of carbonyl (C=O) groups excluding carboxylic acids is 3. The van der Waals surface area contributed by atoms with Crippen molar-refractivity contribution < 1.29 is 23.9 Å². The van der Waals surface area contributed by atoms with Crippen molar-refractivity contribution >= 4 is 34.2 Å². The van der Waals surface area contributed by atoms with Gasteiger partial charge in [0.05, 0.1) is 17.7 Å². The third-order valence-corrected chi connectivity index (χ3v) is 7.80. The second kappa shape index (κ2) is 9.66. The lowest BCUT2D eigenvalue weighted by Gasteiger charge is -2.25. The molecule has 1 aromatic heterocycles. The summed E-state index contributed by atoms with van der Waals surface area (Å²) in [5.74, 6) is -0.566. The van der Waals surface area contributed by atoms with E-state index in [1.165, 1.54) is 11.3 Å². The van der Waals surface area contributed by atoms with Gasteiger partial charge in [-0.3, -0.25) is 4.79 Å². The van der Waals surface area contributed by atoms with Gasteiger partial charge in [-0.15, -0.1) is 11.3 Å². The van der Waals surface area contributed by atoms with Crippen LogP contribution in [0.5, 0.6) is 0 Å². The van der Waals surface area contributed by atoms with E-state index in [1.807, 2.05) is 30.3 Å². The molecule has 0 fully saturated rings. The van der Waals surface area contributed by atoms with Gasteiger partial charge in [-0.1, -0.05) is 37.3 Å². The molecule has 3 aromatic rings. The molecule has 1 aliphatic heterocycles. The third kappa shape index (κ3) is 4.60. The Kier molecular flexibility index (Phi) is 6.43. The highest BCUT2D eigenvalue weighted by atomic mass is 32.1. The molecule has 0 unspecified atom stereocenters. The first-order valence-electron chi connectivity index (χ1n) is 12.0. The molecular weight excluding hydrogens is 462 g/mol. The number of ether oxygens (including phenoxy) is 2. The maximum absolute atomic E-state index is 13.3. The summed E-state index contributed by atoms with van der Waals surface area (Å²) in [6.45, 7) is 4.25. The zero-order valence-electron chi connectivity index (χ0n) is 19.8. The van der Waals surface area contributed by atoms with Crippen molar-refractivity contribution in [1.82, 2.24) is 0 Å². The van der Waals surface area contributed by atoms with Crippen molar-refractivity contribution in [1.29, 1.82) is 0 Å². The van der Waals surface area contributed by atoms with E-state index in [9.17, 15) is 14.4 Å². The Bertz CT molecular complexity index is 1300. The lowest BCUT2D eigenvalue weighted by Crippen LogP contribution is -2.23. The van der Waals surface area contributed by atoms with Gasteiger partial charge < -0.3 is 14.8 Å². The first-order chi connectivity index (χ1) is 16.9. The van der Waals surface area contributed by atoms with Crippen LogP contribution in [0.2, 0.25) is 0 Å². The zero-order valence-corrected chi connectivity index (χ0v) is 20.6. The van der Waals surface area contributed by atoms with E-state index in [4.69, 9.17) is 9.47 Å². The standard InChI is InChI=1S/C28H27NO5S/c1-3-33-28(32)24-21-11-9-16(2)13-23(21)35-26(24)29-25(30)18-10-12-20-19(14-18)15-22(34-27(20)31)17-7-5-4-6-8-17/h4-8,10,12,14,16,22H,3,9,11,13,15H2,1-2H3,(H,29,30)/t16-,22-/m1/s1. The second-order valence-electron chi connectivity index (χ2n) is 9.11. The third-order valence-electron chi connectivity index (χ3n) is 6.63. The molecule has 1 amide bonds. The molecule has 0 spiro atoms. The van der Waals surface area contributed by atoms with Gasteiger partial charge in [0.15, 0.2) is 0 Å². The Morgan fingerprint density at radius 2 is 1.94 bits per heavy atom. The number of amides is 1. The van der Waals surface area contributed by atoms with Gasteiger partial charge in [-0.25, -0.2) is 9.59 Å². The van der Waals surface area contributed by atoms with Gasteiger partial charge in [-0.05, 0) is 67.0 Å². The van der Waals surface area contributed by atoms with E-state index < -0.39 is 18.0 Å². The highest BCUT2D eigenvalue weighted by Gasteiger charge is 2.31. The van der Waals surface area contributed by atoms with Gasteiger partial charge in [-0.2, -0.15) is 0 Å². The Balaban J connectivity index is 1.42. The summed E-state index contributed by atoms with van der Waals surface area (Å²) in [5, 5.41) is 3.50. The highest BCUT2D eigenvalue weighted by Crippen LogP contribution is 2.40. The predicted octanol–water partition coefficient (Wildman–Crippen LogP) is 5.76. The second-order valence-corrected chi connectivity index (χ2v) is 10.2. The number of rotatable bonds is 5. The maximum Gasteiger partial charge on any atom is 0.341 e. The van der Waals surface area contributed by atoms with Gasteiger partial charge in [0, 0.05) is 16.9 Å². The van der Waals surface area contributed by atoms with Crippen LogP contribution in [0.1, 0.15) is 79.0 Å². The van der Waals surface area contributed by atoms with Crippen molar-refractivity contribution in [3.8, 4) is 0 Å². The number of thiophene rings is 1. The van der Waals surface area contributed by atoms with Crippen LogP contribution in [0.25, 0.3) is 0 Å². The minimum Gasteiger partial charge on any atom is -0.462 e. The molecule has 5 rings (SSSR count). The Hall–Kier alpha value is -3.45. The molecule has 2 atom stereocenters. The molecule has 1 N–H and O–H groups in total. The lowest BCUT2D eigenvalue weighted by atomic mass is 9.88. The van der Waals surface area contributed by atoms with Crippen molar-refractivity contribution in [2.45, 2.75) is 45.6 Å². The fourth-order valence-corrected chi connectivity index (χ4v) is 6.22. The molecule has 35 heavy (non-hydrogen) atoms. The Morgan fingerprint density at radius 1 is 1.14 bits per heavy atom. The molecule has 0 saturated heterocycles. The smallest absolute Gasteiger partial charge is 0.341 e. The van der Waals surface area contributed by atoms with Crippen LogP contribution in [0.3, 0.4) is 0 Å². The summed E-state index contributed by atoms with van der Waals surface area (Å²) in [4.78, 5) is 39.8. The topological polar surface area (TPSA) is 81.7 Å². The summed E-state index contributed by atoms with van der Waals surface area (Å²) >= 11 is 1.46. The van der Waals surface area contributed by atoms with Crippen LogP contribution in [0, 0.1) is 5.92 Å². The average Bonchev–Trinajstić information content (AvgIpc) is 3.21.